The molecule has 0 aliphatic carbocycles. The van der Waals surface area contributed by atoms with Crippen LogP contribution in [0, 0.1) is 13.8 Å². The van der Waals surface area contributed by atoms with Gasteiger partial charge in [-0.05, 0) is 145 Å². The lowest BCUT2D eigenvalue weighted by Crippen LogP contribution is -2.02. The molecule has 0 saturated carbocycles. The van der Waals surface area contributed by atoms with Gasteiger partial charge in [0.15, 0.2) is 0 Å². The Hall–Kier alpha value is -6.00. The van der Waals surface area contributed by atoms with E-state index in [1.165, 1.54) is 11.1 Å². The molecule has 0 bridgehead atoms. The highest BCUT2D eigenvalue weighted by Gasteiger charge is 2.21. The molecular weight excluding hydrogens is 597 g/mol. The van der Waals surface area contributed by atoms with Gasteiger partial charge in [-0.25, -0.2) is 0 Å². The number of para-hydroxylation sites is 1. The van der Waals surface area contributed by atoms with E-state index in [1.54, 1.807) is 12.4 Å². The molecule has 0 aliphatic heterocycles. The van der Waals surface area contributed by atoms with Crippen molar-refractivity contribution >= 4 is 29.0 Å². The van der Waals surface area contributed by atoms with Gasteiger partial charge in [-0.15, -0.1) is 0 Å². The average Bonchev–Trinajstić information content (AvgIpc) is 3.38. The number of hydrogen-bond acceptors (Lipinski definition) is 3. The summed E-state index contributed by atoms with van der Waals surface area (Å²) >= 11 is 0. The van der Waals surface area contributed by atoms with Gasteiger partial charge in [0.05, 0.1) is 11.4 Å². The second kappa shape index (κ2) is 17.2. The minimum atomic E-state index is 0.679. The molecule has 0 fully saturated rings. The predicted octanol–water partition coefficient (Wildman–Crippen LogP) is 10.7. The van der Waals surface area contributed by atoms with Crippen LogP contribution in [0.15, 0.2) is 153 Å². The Labute approximate surface area is 292 Å². The molecular formula is C45H48N4. The van der Waals surface area contributed by atoms with Crippen molar-refractivity contribution in [3.05, 3.63) is 192 Å². The van der Waals surface area contributed by atoms with Crippen LogP contribution >= 0.6 is 0 Å². The molecule has 4 rings (SSSR count). The molecule has 0 radical (unpaired) electrons. The molecule has 0 unspecified atom stereocenters. The fourth-order valence-corrected chi connectivity index (χ4v) is 5.92. The summed E-state index contributed by atoms with van der Waals surface area (Å²) in [4.78, 5) is 0. The van der Waals surface area contributed by atoms with Crippen LogP contribution in [0.1, 0.15) is 59.3 Å². The lowest BCUT2D eigenvalue weighted by Gasteiger charge is -2.17. The second-order valence-corrected chi connectivity index (χ2v) is 11.6. The first-order chi connectivity index (χ1) is 23.8. The Morgan fingerprint density at radius 3 is 2.12 bits per heavy atom. The number of nitrogens with zero attached hydrogens (tertiary/aromatic N) is 1. The van der Waals surface area contributed by atoms with E-state index in [2.05, 4.69) is 117 Å². The lowest BCUT2D eigenvalue weighted by atomic mass is 9.96. The third kappa shape index (κ3) is 8.30. The Bertz CT molecular complexity index is 2020. The Balaban J connectivity index is 1.86. The van der Waals surface area contributed by atoms with E-state index in [1.807, 2.05) is 62.4 Å². The standard InChI is InChI=1S/C45H48N4/c1-7-34(25-27-46)17-14-15-22-43(48)40-23-24-42(37(10-4)29-40)45-33(6)32(5)44(49(45)41-20-12-11-13-21-41)31-36(9-3)39-19-16-18-38(30-39)35(8-2)26-28-47/h7-16,18-31H,3-4,17,46-48H2,1-2,5-6H3/b15-14-,27-25-,28-26-,34-7-,35-8+,36-31+,43-22-. The largest absolute Gasteiger partial charge is 0.405 e. The molecule has 4 heteroatoms. The molecule has 248 valence electrons. The fraction of sp³-hybridized carbons (Fsp3) is 0.111. The quantitative estimate of drug-likeness (QED) is 0.127. The summed E-state index contributed by atoms with van der Waals surface area (Å²) in [6, 6.07) is 25.3. The zero-order valence-electron chi connectivity index (χ0n) is 29.2. The normalized spacial score (nSPS) is 13.2. The van der Waals surface area contributed by atoms with Gasteiger partial charge >= 0.3 is 0 Å². The highest BCUT2D eigenvalue weighted by Crippen LogP contribution is 2.38. The van der Waals surface area contributed by atoms with Crippen LogP contribution in [-0.4, -0.2) is 4.57 Å². The highest BCUT2D eigenvalue weighted by molar-refractivity contribution is 5.91. The highest BCUT2D eigenvalue weighted by atomic mass is 15.0. The van der Waals surface area contributed by atoms with Crippen molar-refractivity contribution in [2.24, 2.45) is 17.2 Å². The molecule has 0 spiro atoms. The van der Waals surface area contributed by atoms with Crippen LogP contribution < -0.4 is 17.2 Å². The number of aromatic nitrogens is 1. The van der Waals surface area contributed by atoms with Crippen molar-refractivity contribution in [3.63, 3.8) is 0 Å². The van der Waals surface area contributed by atoms with Crippen molar-refractivity contribution in [2.45, 2.75) is 34.1 Å². The van der Waals surface area contributed by atoms with Crippen LogP contribution in [0.4, 0.5) is 0 Å². The number of allylic oxidation sites excluding steroid dienone is 11. The zero-order valence-corrected chi connectivity index (χ0v) is 29.2. The molecule has 49 heavy (non-hydrogen) atoms. The first kappa shape index (κ1) is 35.8. The number of hydrogen-bond donors (Lipinski definition) is 3. The number of benzene rings is 3. The summed E-state index contributed by atoms with van der Waals surface area (Å²) in [6.45, 7) is 16.8. The summed E-state index contributed by atoms with van der Waals surface area (Å²) in [5, 5.41) is 0. The van der Waals surface area contributed by atoms with Crippen molar-refractivity contribution in [3.8, 4) is 16.9 Å². The van der Waals surface area contributed by atoms with E-state index in [-0.39, 0.29) is 0 Å². The minimum Gasteiger partial charge on any atom is -0.405 e. The van der Waals surface area contributed by atoms with Crippen molar-refractivity contribution in [1.82, 2.24) is 4.57 Å². The van der Waals surface area contributed by atoms with E-state index in [9.17, 15) is 0 Å². The molecule has 0 amide bonds. The minimum absolute atomic E-state index is 0.679. The van der Waals surface area contributed by atoms with E-state index >= 15 is 0 Å². The first-order valence-electron chi connectivity index (χ1n) is 16.5. The second-order valence-electron chi connectivity index (χ2n) is 11.6. The predicted molar refractivity (Wildman–Crippen MR) is 215 cm³/mol. The Morgan fingerprint density at radius 2 is 1.49 bits per heavy atom. The molecule has 1 heterocycles. The molecule has 6 N–H and O–H groups in total. The van der Waals surface area contributed by atoms with Gasteiger partial charge in [0.25, 0.3) is 0 Å². The molecule has 3 aromatic carbocycles. The maximum Gasteiger partial charge on any atom is 0.0572 e. The van der Waals surface area contributed by atoms with Crippen LogP contribution in [0.25, 0.3) is 45.9 Å². The summed E-state index contributed by atoms with van der Waals surface area (Å²) in [5.74, 6) is 0. The van der Waals surface area contributed by atoms with Gasteiger partial charge in [0.2, 0.25) is 0 Å². The van der Waals surface area contributed by atoms with Gasteiger partial charge in [0, 0.05) is 16.9 Å². The van der Waals surface area contributed by atoms with Crippen molar-refractivity contribution in [1.29, 1.82) is 0 Å². The molecule has 4 nitrogen and oxygen atoms in total. The third-order valence-corrected chi connectivity index (χ3v) is 8.72. The van der Waals surface area contributed by atoms with Crippen LogP contribution in [-0.2, 0) is 0 Å². The monoisotopic (exact) mass is 644 g/mol. The van der Waals surface area contributed by atoms with Crippen LogP contribution in [0.5, 0.6) is 0 Å². The summed E-state index contributed by atoms with van der Waals surface area (Å²) in [7, 11) is 0. The van der Waals surface area contributed by atoms with Gasteiger partial charge in [-0.3, -0.25) is 0 Å². The topological polar surface area (TPSA) is 83.0 Å². The van der Waals surface area contributed by atoms with Gasteiger partial charge in [-0.1, -0.05) is 98.1 Å². The van der Waals surface area contributed by atoms with Gasteiger partial charge < -0.3 is 21.8 Å². The molecule has 0 saturated heterocycles. The molecule has 4 aromatic rings. The Morgan fingerprint density at radius 1 is 0.776 bits per heavy atom. The summed E-state index contributed by atoms with van der Waals surface area (Å²) in [6.07, 6.45) is 23.9. The smallest absolute Gasteiger partial charge is 0.0572 e. The first-order valence-corrected chi connectivity index (χ1v) is 16.5. The fourth-order valence-electron chi connectivity index (χ4n) is 5.92. The lowest BCUT2D eigenvalue weighted by molar-refractivity contribution is 1.06. The van der Waals surface area contributed by atoms with Crippen LogP contribution in [0.3, 0.4) is 0 Å². The Kier molecular flexibility index (Phi) is 12.6. The van der Waals surface area contributed by atoms with E-state index in [4.69, 9.17) is 17.2 Å². The molecule has 0 aliphatic rings. The average molecular weight is 645 g/mol. The van der Waals surface area contributed by atoms with Crippen molar-refractivity contribution < 1.29 is 0 Å². The van der Waals surface area contributed by atoms with Crippen LogP contribution in [0.2, 0.25) is 0 Å². The maximum atomic E-state index is 6.57. The summed E-state index contributed by atoms with van der Waals surface area (Å²) in [5.41, 5.74) is 32.5. The maximum absolute atomic E-state index is 6.57. The SMILES string of the molecule is C=C/C(=C\c1c(C)c(C)c(-c2ccc(/C(N)=C/C=C\CC(/C=C\N)=C/C)cc2C=C)n1-c1ccccc1)c1cccc(C(/C=C\N)=C/C)c1. The third-order valence-electron chi connectivity index (χ3n) is 8.72. The zero-order chi connectivity index (χ0) is 35.3. The van der Waals surface area contributed by atoms with Gasteiger partial charge in [-0.2, -0.15) is 0 Å². The van der Waals surface area contributed by atoms with E-state index < -0.39 is 0 Å². The number of rotatable bonds is 13. The summed E-state index contributed by atoms with van der Waals surface area (Å²) < 4.78 is 2.34. The number of nitrogens with two attached hydrogens (primary N) is 3. The van der Waals surface area contributed by atoms with Gasteiger partial charge in [0.1, 0.15) is 0 Å². The van der Waals surface area contributed by atoms with E-state index in [0.717, 1.165) is 68.0 Å². The van der Waals surface area contributed by atoms with Crippen molar-refractivity contribution in [2.75, 3.05) is 0 Å². The van der Waals surface area contributed by atoms with E-state index in [0.29, 0.717) is 5.70 Å². The molecule has 0 atom stereocenters. The molecule has 1 aromatic heterocycles.